The summed E-state index contributed by atoms with van der Waals surface area (Å²) in [5, 5.41) is 4.75. The van der Waals surface area contributed by atoms with Gasteiger partial charge >= 0.3 is 11.8 Å². The fraction of sp³-hybridized carbons (Fsp3) is 0.250. The summed E-state index contributed by atoms with van der Waals surface area (Å²) >= 11 is 0. The second kappa shape index (κ2) is 7.95. The van der Waals surface area contributed by atoms with Crippen molar-refractivity contribution in [1.29, 1.82) is 0 Å². The van der Waals surface area contributed by atoms with E-state index in [1.54, 1.807) is 4.90 Å². The molecule has 3 aromatic rings. The normalized spacial score (nSPS) is 14.1. The average Bonchev–Trinajstić information content (AvgIpc) is 2.75. The Balaban J connectivity index is 1.41. The molecule has 1 aliphatic heterocycles. The molecule has 0 bridgehead atoms. The topological polar surface area (TPSA) is 52.7 Å². The first kappa shape index (κ1) is 19.0. The standard InChI is InChI=1S/C24H25N3O2/c1-17-7-5-12-22(18(17)2)26-13-15-27(16-14-26)24(29)23(28)25-21-11-6-9-19-8-3-4-10-20(19)21/h3-12H,13-16H2,1-2H3,(H,25,28). The van der Waals surface area contributed by atoms with E-state index in [4.69, 9.17) is 0 Å². The fourth-order valence-corrected chi connectivity index (χ4v) is 3.88. The number of hydrogen-bond donors (Lipinski definition) is 1. The number of fused-ring (bicyclic) bond motifs is 1. The van der Waals surface area contributed by atoms with Crippen LogP contribution in [0.2, 0.25) is 0 Å². The number of hydrogen-bond acceptors (Lipinski definition) is 3. The molecule has 1 fully saturated rings. The molecule has 0 aromatic heterocycles. The average molecular weight is 387 g/mol. The first-order valence-corrected chi connectivity index (χ1v) is 9.94. The highest BCUT2D eigenvalue weighted by molar-refractivity contribution is 6.40. The molecule has 29 heavy (non-hydrogen) atoms. The third-order valence-electron chi connectivity index (χ3n) is 5.72. The number of nitrogens with zero attached hydrogens (tertiary/aromatic N) is 2. The molecule has 1 saturated heterocycles. The highest BCUT2D eigenvalue weighted by Crippen LogP contribution is 2.25. The Morgan fingerprint density at radius 1 is 0.828 bits per heavy atom. The molecule has 1 heterocycles. The van der Waals surface area contributed by atoms with Crippen LogP contribution in [0.5, 0.6) is 0 Å². The Morgan fingerprint density at radius 3 is 2.31 bits per heavy atom. The summed E-state index contributed by atoms with van der Waals surface area (Å²) in [6.07, 6.45) is 0. The zero-order valence-electron chi connectivity index (χ0n) is 16.8. The van der Waals surface area contributed by atoms with Gasteiger partial charge in [0.25, 0.3) is 0 Å². The molecule has 148 valence electrons. The molecule has 0 atom stereocenters. The van der Waals surface area contributed by atoms with Gasteiger partial charge in [0, 0.05) is 42.9 Å². The number of carbonyl (C=O) groups excluding carboxylic acids is 2. The van der Waals surface area contributed by atoms with Gasteiger partial charge in [-0.05, 0) is 42.5 Å². The van der Waals surface area contributed by atoms with Crippen molar-refractivity contribution in [3.05, 3.63) is 71.8 Å². The lowest BCUT2D eigenvalue weighted by molar-refractivity contribution is -0.143. The van der Waals surface area contributed by atoms with Crippen molar-refractivity contribution in [3.63, 3.8) is 0 Å². The van der Waals surface area contributed by atoms with Crippen molar-refractivity contribution in [2.75, 3.05) is 36.4 Å². The molecular formula is C24H25N3O2. The van der Waals surface area contributed by atoms with E-state index in [1.807, 2.05) is 42.5 Å². The van der Waals surface area contributed by atoms with E-state index < -0.39 is 11.8 Å². The van der Waals surface area contributed by atoms with Gasteiger partial charge in [-0.1, -0.05) is 48.5 Å². The Kier molecular flexibility index (Phi) is 5.21. The minimum absolute atomic E-state index is 0.474. The molecule has 1 N–H and O–H groups in total. The highest BCUT2D eigenvalue weighted by Gasteiger charge is 2.27. The number of piperazine rings is 1. The Morgan fingerprint density at radius 2 is 1.52 bits per heavy atom. The predicted octanol–water partition coefficient (Wildman–Crippen LogP) is 3.74. The lowest BCUT2D eigenvalue weighted by Gasteiger charge is -2.36. The summed E-state index contributed by atoms with van der Waals surface area (Å²) in [4.78, 5) is 29.2. The molecule has 0 spiro atoms. The third kappa shape index (κ3) is 3.81. The Hall–Kier alpha value is -3.34. The maximum atomic E-state index is 12.7. The SMILES string of the molecule is Cc1cccc(N2CCN(C(=O)C(=O)Nc3cccc4ccccc34)CC2)c1C. The minimum Gasteiger partial charge on any atom is -0.368 e. The summed E-state index contributed by atoms with van der Waals surface area (Å²) < 4.78 is 0. The van der Waals surface area contributed by atoms with E-state index >= 15 is 0 Å². The number of aryl methyl sites for hydroxylation is 1. The quantitative estimate of drug-likeness (QED) is 0.682. The van der Waals surface area contributed by atoms with Crippen LogP contribution in [0, 0.1) is 13.8 Å². The molecule has 5 heteroatoms. The van der Waals surface area contributed by atoms with Crippen LogP contribution in [0.25, 0.3) is 10.8 Å². The summed E-state index contributed by atoms with van der Waals surface area (Å²) in [7, 11) is 0. The molecule has 0 saturated carbocycles. The summed E-state index contributed by atoms with van der Waals surface area (Å²) in [5.74, 6) is -1.06. The largest absolute Gasteiger partial charge is 0.368 e. The Bertz CT molecular complexity index is 1060. The van der Waals surface area contributed by atoms with Gasteiger partial charge < -0.3 is 15.1 Å². The summed E-state index contributed by atoms with van der Waals surface area (Å²) in [6.45, 7) is 6.75. The van der Waals surface area contributed by atoms with Gasteiger partial charge in [-0.2, -0.15) is 0 Å². The number of benzene rings is 3. The van der Waals surface area contributed by atoms with Crippen molar-refractivity contribution in [3.8, 4) is 0 Å². The number of amides is 2. The van der Waals surface area contributed by atoms with Crippen LogP contribution in [-0.2, 0) is 9.59 Å². The van der Waals surface area contributed by atoms with Gasteiger partial charge in [0.05, 0.1) is 0 Å². The van der Waals surface area contributed by atoms with Gasteiger partial charge in [0.1, 0.15) is 0 Å². The van der Waals surface area contributed by atoms with Gasteiger partial charge in [-0.3, -0.25) is 9.59 Å². The molecular weight excluding hydrogens is 362 g/mol. The van der Waals surface area contributed by atoms with Gasteiger partial charge in [0.15, 0.2) is 0 Å². The number of nitrogens with one attached hydrogen (secondary N) is 1. The van der Waals surface area contributed by atoms with E-state index in [1.165, 1.54) is 16.8 Å². The van der Waals surface area contributed by atoms with Gasteiger partial charge in [-0.15, -0.1) is 0 Å². The third-order valence-corrected chi connectivity index (χ3v) is 5.72. The lowest BCUT2D eigenvalue weighted by Crippen LogP contribution is -2.51. The van der Waals surface area contributed by atoms with E-state index in [-0.39, 0.29) is 0 Å². The van der Waals surface area contributed by atoms with Crippen LogP contribution in [-0.4, -0.2) is 42.9 Å². The van der Waals surface area contributed by atoms with Crippen molar-refractivity contribution in [2.45, 2.75) is 13.8 Å². The minimum atomic E-state index is -0.582. The van der Waals surface area contributed by atoms with Crippen LogP contribution in [0.4, 0.5) is 11.4 Å². The lowest BCUT2D eigenvalue weighted by atomic mass is 10.1. The molecule has 4 rings (SSSR count). The van der Waals surface area contributed by atoms with E-state index in [9.17, 15) is 9.59 Å². The number of rotatable bonds is 2. The first-order chi connectivity index (χ1) is 14.0. The van der Waals surface area contributed by atoms with Gasteiger partial charge in [-0.25, -0.2) is 0 Å². The number of carbonyl (C=O) groups is 2. The molecule has 3 aromatic carbocycles. The maximum absolute atomic E-state index is 12.7. The smallest absolute Gasteiger partial charge is 0.313 e. The van der Waals surface area contributed by atoms with E-state index in [2.05, 4.69) is 42.3 Å². The monoisotopic (exact) mass is 387 g/mol. The zero-order chi connectivity index (χ0) is 20.4. The van der Waals surface area contributed by atoms with Gasteiger partial charge in [0.2, 0.25) is 0 Å². The molecule has 2 amide bonds. The van der Waals surface area contributed by atoms with Crippen LogP contribution in [0.1, 0.15) is 11.1 Å². The maximum Gasteiger partial charge on any atom is 0.313 e. The summed E-state index contributed by atoms with van der Waals surface area (Å²) in [5.41, 5.74) is 4.39. The predicted molar refractivity (Wildman–Crippen MR) is 117 cm³/mol. The summed E-state index contributed by atoms with van der Waals surface area (Å²) in [6, 6.07) is 19.8. The van der Waals surface area contributed by atoms with Crippen LogP contribution >= 0.6 is 0 Å². The van der Waals surface area contributed by atoms with Crippen LogP contribution in [0.3, 0.4) is 0 Å². The van der Waals surface area contributed by atoms with E-state index in [0.29, 0.717) is 18.8 Å². The van der Waals surface area contributed by atoms with E-state index in [0.717, 1.165) is 23.9 Å². The van der Waals surface area contributed by atoms with Crippen LogP contribution in [0.15, 0.2) is 60.7 Å². The van der Waals surface area contributed by atoms with Crippen molar-refractivity contribution >= 4 is 34.0 Å². The second-order valence-electron chi connectivity index (χ2n) is 7.48. The number of anilines is 2. The fourth-order valence-electron chi connectivity index (χ4n) is 3.88. The molecule has 5 nitrogen and oxygen atoms in total. The first-order valence-electron chi connectivity index (χ1n) is 9.94. The molecule has 0 radical (unpaired) electrons. The van der Waals surface area contributed by atoms with Crippen molar-refractivity contribution < 1.29 is 9.59 Å². The molecule has 0 unspecified atom stereocenters. The van der Waals surface area contributed by atoms with Crippen molar-refractivity contribution in [1.82, 2.24) is 4.90 Å². The zero-order valence-corrected chi connectivity index (χ0v) is 16.8. The molecule has 1 aliphatic rings. The second-order valence-corrected chi connectivity index (χ2v) is 7.48. The van der Waals surface area contributed by atoms with Crippen LogP contribution < -0.4 is 10.2 Å². The highest BCUT2D eigenvalue weighted by atomic mass is 16.2. The Labute approximate surface area is 170 Å². The molecule has 0 aliphatic carbocycles. The van der Waals surface area contributed by atoms with Crippen molar-refractivity contribution in [2.24, 2.45) is 0 Å².